The van der Waals surface area contributed by atoms with E-state index < -0.39 is 0 Å². The molecule has 11 nitrogen and oxygen atoms in total. The van der Waals surface area contributed by atoms with Gasteiger partial charge in [0.2, 0.25) is 0 Å². The Morgan fingerprint density at radius 2 is 0.643 bits per heavy atom. The third-order valence-electron chi connectivity index (χ3n) is 5.50. The van der Waals surface area contributed by atoms with Crippen molar-refractivity contribution in [3.8, 4) is 0 Å². The number of aliphatic hydroxyl groups excluding tert-OH is 1. The molecule has 0 aromatic carbocycles. The van der Waals surface area contributed by atoms with Crippen LogP contribution in [0.3, 0.4) is 0 Å². The normalized spacial score (nSPS) is 11.3. The Bertz CT molecular complexity index is 563. The van der Waals surface area contributed by atoms with E-state index in [0.717, 1.165) is 44.9 Å². The van der Waals surface area contributed by atoms with Gasteiger partial charge < -0.3 is 47.7 Å². The van der Waals surface area contributed by atoms with Crippen LogP contribution in [0.4, 0.5) is 0 Å². The number of aliphatic hydroxyl groups is 1. The Morgan fingerprint density at radius 1 is 0.429 bits per heavy atom. The fourth-order valence-corrected chi connectivity index (χ4v) is 3.27. The molecule has 11 heteroatoms. The minimum absolute atomic E-state index is 0.177. The highest BCUT2D eigenvalue weighted by Gasteiger charge is 2.02. The highest BCUT2D eigenvalue weighted by atomic mass is 16.5. The van der Waals surface area contributed by atoms with Crippen LogP contribution in [0, 0.1) is 0 Å². The van der Waals surface area contributed by atoms with Crippen molar-refractivity contribution in [2.45, 2.75) is 64.7 Å². The Kier molecular flexibility index (Phi) is 35.1. The summed E-state index contributed by atoms with van der Waals surface area (Å²) in [6, 6.07) is 0. The van der Waals surface area contributed by atoms with Crippen LogP contribution >= 0.6 is 0 Å². The molecule has 0 unspecified atom stereocenters. The van der Waals surface area contributed by atoms with Gasteiger partial charge in [0.25, 0.3) is 0 Å². The minimum atomic E-state index is -0.355. The van der Waals surface area contributed by atoms with Crippen molar-refractivity contribution in [3.63, 3.8) is 0 Å². The summed E-state index contributed by atoms with van der Waals surface area (Å²) in [6.07, 6.45) is 7.51. The minimum Gasteiger partial charge on any atom is -0.462 e. The fourth-order valence-electron chi connectivity index (χ4n) is 3.27. The first-order valence-corrected chi connectivity index (χ1v) is 15.7. The molecule has 42 heavy (non-hydrogen) atoms. The molecular formula is C31H60O11. The van der Waals surface area contributed by atoms with Crippen molar-refractivity contribution in [2.24, 2.45) is 0 Å². The molecule has 0 aliphatic carbocycles. The molecule has 0 aliphatic heterocycles. The Balaban J connectivity index is 3.06. The van der Waals surface area contributed by atoms with E-state index in [9.17, 15) is 4.79 Å². The predicted molar refractivity (Wildman–Crippen MR) is 161 cm³/mol. The highest BCUT2D eigenvalue weighted by molar-refractivity contribution is 5.86. The van der Waals surface area contributed by atoms with E-state index in [1.54, 1.807) is 6.92 Å². The molecule has 0 fully saturated rings. The Labute approximate surface area is 254 Å². The van der Waals surface area contributed by atoms with Gasteiger partial charge in [-0.1, -0.05) is 6.58 Å². The second-order valence-electron chi connectivity index (χ2n) is 9.72. The van der Waals surface area contributed by atoms with Gasteiger partial charge in [-0.15, -0.1) is 0 Å². The van der Waals surface area contributed by atoms with E-state index in [0.29, 0.717) is 131 Å². The van der Waals surface area contributed by atoms with E-state index >= 15 is 0 Å². The maximum absolute atomic E-state index is 11.2. The predicted octanol–water partition coefficient (Wildman–Crippen LogP) is 3.74. The van der Waals surface area contributed by atoms with Gasteiger partial charge in [-0.2, -0.15) is 0 Å². The van der Waals surface area contributed by atoms with Crippen molar-refractivity contribution in [1.82, 2.24) is 0 Å². The quantitative estimate of drug-likeness (QED) is 0.0636. The molecule has 0 rings (SSSR count). The number of carbonyl (C=O) groups is 1. The number of hydrogen-bond acceptors (Lipinski definition) is 11. The van der Waals surface area contributed by atoms with Crippen molar-refractivity contribution < 1.29 is 52.5 Å². The summed E-state index contributed by atoms with van der Waals surface area (Å²) in [7, 11) is 0. The molecule has 1 N–H and O–H groups in total. The number of carbonyl (C=O) groups excluding carboxylic acids is 1. The maximum Gasteiger partial charge on any atom is 0.333 e. The van der Waals surface area contributed by atoms with E-state index in [4.69, 9.17) is 47.7 Å². The van der Waals surface area contributed by atoms with Gasteiger partial charge in [0, 0.05) is 124 Å². The molecule has 0 radical (unpaired) electrons. The first-order chi connectivity index (χ1) is 20.7. The molecule has 250 valence electrons. The molecule has 0 amide bonds. The van der Waals surface area contributed by atoms with Gasteiger partial charge in [0.05, 0.1) is 6.61 Å². The molecular weight excluding hydrogens is 548 g/mol. The lowest BCUT2D eigenvalue weighted by molar-refractivity contribution is -0.139. The van der Waals surface area contributed by atoms with Gasteiger partial charge in [0.1, 0.15) is 0 Å². The molecule has 0 aromatic rings. The number of hydrogen-bond donors (Lipinski definition) is 1. The van der Waals surface area contributed by atoms with Gasteiger partial charge in [0.15, 0.2) is 0 Å². The molecule has 0 atom stereocenters. The second kappa shape index (κ2) is 36.0. The van der Waals surface area contributed by atoms with Gasteiger partial charge >= 0.3 is 5.97 Å². The van der Waals surface area contributed by atoms with Crippen molar-refractivity contribution in [3.05, 3.63) is 12.2 Å². The molecule has 0 saturated carbocycles. The van der Waals surface area contributed by atoms with Gasteiger partial charge in [-0.05, 0) is 58.3 Å². The zero-order chi connectivity index (χ0) is 30.6. The highest BCUT2D eigenvalue weighted by Crippen LogP contribution is 1.96. The molecule has 0 aliphatic rings. The zero-order valence-corrected chi connectivity index (χ0v) is 26.3. The van der Waals surface area contributed by atoms with E-state index in [1.807, 2.05) is 0 Å². The summed E-state index contributed by atoms with van der Waals surface area (Å²) >= 11 is 0. The lowest BCUT2D eigenvalue weighted by Crippen LogP contribution is -2.09. The Morgan fingerprint density at radius 3 is 0.857 bits per heavy atom. The topological polar surface area (TPSA) is 120 Å². The van der Waals surface area contributed by atoms with E-state index in [2.05, 4.69) is 6.58 Å². The summed E-state index contributed by atoms with van der Waals surface area (Å²) in [5.74, 6) is -0.355. The van der Waals surface area contributed by atoms with Crippen molar-refractivity contribution in [2.75, 3.05) is 119 Å². The second-order valence-corrected chi connectivity index (χ2v) is 9.72. The molecule has 0 spiro atoms. The zero-order valence-electron chi connectivity index (χ0n) is 26.3. The molecule has 0 heterocycles. The smallest absolute Gasteiger partial charge is 0.333 e. The summed E-state index contributed by atoms with van der Waals surface area (Å²) in [6.45, 7) is 16.5. The summed E-state index contributed by atoms with van der Waals surface area (Å²) in [5, 5.41) is 8.65. The van der Waals surface area contributed by atoms with Crippen LogP contribution in [0.15, 0.2) is 12.2 Å². The van der Waals surface area contributed by atoms with Crippen LogP contribution in [0.25, 0.3) is 0 Å². The lowest BCUT2D eigenvalue weighted by Gasteiger charge is -2.08. The maximum atomic E-state index is 11.2. The number of rotatable bonds is 36. The van der Waals surface area contributed by atoms with Gasteiger partial charge in [-0.25, -0.2) is 4.79 Å². The monoisotopic (exact) mass is 608 g/mol. The van der Waals surface area contributed by atoms with E-state index in [1.165, 1.54) is 0 Å². The molecule has 0 saturated heterocycles. The fraction of sp³-hybridized carbons (Fsp3) is 0.903. The first kappa shape index (κ1) is 40.9. The standard InChI is InChI=1S/C31H60O11/c1-30(2)31(33)42-29-11-28-41-27-10-26-40-25-9-24-39-23-8-22-38-21-7-20-37-19-6-18-36-17-5-16-35-15-4-14-34-13-3-12-32/h32H,1,3-29H2,2H3. The third kappa shape index (κ3) is 35.0. The summed E-state index contributed by atoms with van der Waals surface area (Å²) in [4.78, 5) is 11.2. The number of ether oxygens (including phenoxy) is 9. The lowest BCUT2D eigenvalue weighted by atomic mass is 10.4. The van der Waals surface area contributed by atoms with Crippen LogP contribution in [-0.4, -0.2) is 130 Å². The third-order valence-corrected chi connectivity index (χ3v) is 5.50. The average molecular weight is 609 g/mol. The van der Waals surface area contributed by atoms with Gasteiger partial charge in [-0.3, -0.25) is 0 Å². The Hall–Kier alpha value is -1.15. The van der Waals surface area contributed by atoms with Crippen LogP contribution < -0.4 is 0 Å². The number of esters is 1. The van der Waals surface area contributed by atoms with Crippen LogP contribution in [0.1, 0.15) is 64.7 Å². The summed E-state index contributed by atoms with van der Waals surface area (Å²) < 4.78 is 49.4. The average Bonchev–Trinajstić information content (AvgIpc) is 2.99. The largest absolute Gasteiger partial charge is 0.462 e. The molecule has 0 aromatic heterocycles. The van der Waals surface area contributed by atoms with Crippen molar-refractivity contribution in [1.29, 1.82) is 0 Å². The van der Waals surface area contributed by atoms with Crippen molar-refractivity contribution >= 4 is 5.97 Å². The van der Waals surface area contributed by atoms with Crippen LogP contribution in [0.2, 0.25) is 0 Å². The summed E-state index contributed by atoms with van der Waals surface area (Å²) in [5.41, 5.74) is 0.412. The molecule has 0 bridgehead atoms. The SMILES string of the molecule is C=C(C)C(=O)OCCCOCCCOCCCOCCCOCCCOCCCOCCCOCCCOCCCO. The van der Waals surface area contributed by atoms with Crippen LogP contribution in [-0.2, 0) is 47.4 Å². The van der Waals surface area contributed by atoms with E-state index in [-0.39, 0.29) is 12.6 Å². The van der Waals surface area contributed by atoms with Crippen LogP contribution in [0.5, 0.6) is 0 Å². The first-order valence-electron chi connectivity index (χ1n) is 15.7.